The minimum Gasteiger partial charge on any atom is -0.477 e. The number of ether oxygens (including phenoxy) is 4. The second kappa shape index (κ2) is 39.1. The fourth-order valence-electron chi connectivity index (χ4n) is 5.02. The molecule has 0 aliphatic heterocycles. The van der Waals surface area contributed by atoms with E-state index in [1.54, 1.807) is 0 Å². The number of hydrogen-bond acceptors (Lipinski definition) is 7. The summed E-state index contributed by atoms with van der Waals surface area (Å²) >= 11 is 0. The van der Waals surface area contributed by atoms with Gasteiger partial charge in [0.2, 0.25) is 0 Å². The van der Waals surface area contributed by atoms with E-state index in [9.17, 15) is 19.5 Å². The summed E-state index contributed by atoms with van der Waals surface area (Å²) in [7, 11) is 5.91. The van der Waals surface area contributed by atoms with Gasteiger partial charge in [0.1, 0.15) is 13.2 Å². The summed E-state index contributed by atoms with van der Waals surface area (Å²) in [6.07, 6.45) is 48.1. The summed E-state index contributed by atoms with van der Waals surface area (Å²) in [6, 6.07) is 0. The number of unbranched alkanes of at least 4 members (excludes halogenated alkanes) is 6. The molecule has 0 fully saturated rings. The topological polar surface area (TPSA) is 108 Å². The average molecular weight is 797 g/mol. The number of nitrogens with zero attached hydrogens (tertiary/aromatic N) is 1. The lowest BCUT2D eigenvalue weighted by atomic mass is 10.1. The molecule has 1 N–H and O–H groups in total. The van der Waals surface area contributed by atoms with E-state index in [4.69, 9.17) is 18.9 Å². The smallest absolute Gasteiger partial charge is 0.361 e. The largest absolute Gasteiger partial charge is 0.477 e. The van der Waals surface area contributed by atoms with E-state index in [0.717, 1.165) is 96.3 Å². The number of rotatable bonds is 37. The number of carbonyl (C=O) groups is 3. The molecule has 9 heteroatoms. The molecule has 0 spiro atoms. The van der Waals surface area contributed by atoms with Crippen molar-refractivity contribution in [2.24, 2.45) is 0 Å². The average Bonchev–Trinajstić information content (AvgIpc) is 3.17. The van der Waals surface area contributed by atoms with Gasteiger partial charge in [-0.3, -0.25) is 9.59 Å². The summed E-state index contributed by atoms with van der Waals surface area (Å²) in [4.78, 5) is 36.7. The Morgan fingerprint density at radius 1 is 0.544 bits per heavy atom. The molecule has 0 saturated heterocycles. The van der Waals surface area contributed by atoms with Crippen molar-refractivity contribution < 1.29 is 42.9 Å². The normalized spacial score (nSPS) is 13.9. The molecule has 0 radical (unpaired) electrons. The molecule has 0 aromatic rings. The molecule has 322 valence electrons. The SMILES string of the molecule is CC/C=C\C/C=C\C/C=C\C/C=C\C/C=C\C/C=C\C/C=C\C/C=C\CCCCC(=O)OC(COC(=O)CCCCCCC)COC(OCC[N+](C)(C)C)C(=O)O. The van der Waals surface area contributed by atoms with Crippen LogP contribution in [0.1, 0.15) is 129 Å². The van der Waals surface area contributed by atoms with Crippen LogP contribution < -0.4 is 0 Å². The van der Waals surface area contributed by atoms with Crippen molar-refractivity contribution in [1.29, 1.82) is 0 Å². The first-order valence-electron chi connectivity index (χ1n) is 21.4. The van der Waals surface area contributed by atoms with Crippen LogP contribution in [0, 0.1) is 0 Å². The van der Waals surface area contributed by atoms with Gasteiger partial charge in [-0.05, 0) is 77.0 Å². The zero-order valence-corrected chi connectivity index (χ0v) is 36.2. The van der Waals surface area contributed by atoms with Crippen molar-refractivity contribution in [1.82, 2.24) is 0 Å². The van der Waals surface area contributed by atoms with Crippen molar-refractivity contribution in [2.45, 2.75) is 142 Å². The first-order chi connectivity index (χ1) is 27.6. The molecule has 9 nitrogen and oxygen atoms in total. The highest BCUT2D eigenvalue weighted by atomic mass is 16.7. The van der Waals surface area contributed by atoms with Gasteiger partial charge in [-0.25, -0.2) is 4.79 Å². The van der Waals surface area contributed by atoms with Crippen LogP contribution in [0.5, 0.6) is 0 Å². The van der Waals surface area contributed by atoms with E-state index in [-0.39, 0.29) is 38.6 Å². The number of esters is 2. The van der Waals surface area contributed by atoms with Crippen LogP contribution in [0.25, 0.3) is 0 Å². The Bertz CT molecular complexity index is 1250. The van der Waals surface area contributed by atoms with Crippen molar-refractivity contribution in [3.8, 4) is 0 Å². The molecule has 0 saturated carbocycles. The second-order valence-corrected chi connectivity index (χ2v) is 14.9. The molecule has 0 rings (SSSR count). The standard InChI is InChI=1S/C48H77NO8/c1-6-8-10-12-13-14-15-16-17-18-19-20-21-22-23-24-25-26-27-28-29-30-31-32-33-35-37-39-46(51)57-44(42-55-45(50)38-36-34-11-9-7-2)43-56-48(47(52)53)54-41-40-49(3,4)5/h8,10,13-14,16-17,19-20,22-23,25-26,28-29,31-32,44,48H,6-7,9,11-12,15,18,21,24,27,30,33-43H2,1-5H3/p+1/b10-8-,14-13-,17-16-,20-19-,23-22-,26-25-,29-28-,32-31-. The highest BCUT2D eigenvalue weighted by molar-refractivity contribution is 5.71. The van der Waals surface area contributed by atoms with Gasteiger partial charge in [0.05, 0.1) is 34.4 Å². The van der Waals surface area contributed by atoms with Gasteiger partial charge in [0, 0.05) is 12.8 Å². The van der Waals surface area contributed by atoms with Crippen LogP contribution in [0.2, 0.25) is 0 Å². The molecular formula is C48H78NO8+. The fourth-order valence-corrected chi connectivity index (χ4v) is 5.02. The van der Waals surface area contributed by atoms with E-state index in [1.807, 2.05) is 21.1 Å². The maximum Gasteiger partial charge on any atom is 0.361 e. The van der Waals surface area contributed by atoms with E-state index >= 15 is 0 Å². The van der Waals surface area contributed by atoms with Gasteiger partial charge < -0.3 is 28.5 Å². The molecule has 0 bridgehead atoms. The minimum atomic E-state index is -1.52. The van der Waals surface area contributed by atoms with Crippen LogP contribution in [0.3, 0.4) is 0 Å². The van der Waals surface area contributed by atoms with Crippen LogP contribution in [-0.2, 0) is 33.3 Å². The van der Waals surface area contributed by atoms with E-state index in [2.05, 4.69) is 111 Å². The van der Waals surface area contributed by atoms with Gasteiger partial charge in [-0.1, -0.05) is 137 Å². The number of hydrogen-bond donors (Lipinski definition) is 1. The molecule has 0 aliphatic rings. The molecule has 0 aromatic heterocycles. The number of allylic oxidation sites excluding steroid dienone is 16. The predicted octanol–water partition coefficient (Wildman–Crippen LogP) is 11.1. The third kappa shape index (κ3) is 40.2. The Morgan fingerprint density at radius 3 is 1.47 bits per heavy atom. The maximum absolute atomic E-state index is 12.7. The summed E-state index contributed by atoms with van der Waals surface area (Å²) in [5, 5.41) is 9.57. The molecule has 0 aromatic carbocycles. The second-order valence-electron chi connectivity index (χ2n) is 14.9. The Labute approximate surface area is 346 Å². The number of aliphatic carboxylic acids is 1. The summed E-state index contributed by atoms with van der Waals surface area (Å²) < 4.78 is 22.5. The fraction of sp³-hybridized carbons (Fsp3) is 0.604. The third-order valence-electron chi connectivity index (χ3n) is 8.36. The van der Waals surface area contributed by atoms with Gasteiger partial charge in [0.25, 0.3) is 6.29 Å². The van der Waals surface area contributed by atoms with Crippen LogP contribution in [-0.4, -0.2) is 87.4 Å². The number of likely N-dealkylation sites (N-methyl/N-ethyl adjacent to an activating group) is 1. The highest BCUT2D eigenvalue weighted by Crippen LogP contribution is 2.10. The summed E-state index contributed by atoms with van der Waals surface area (Å²) in [6.45, 7) is 4.56. The van der Waals surface area contributed by atoms with E-state index in [1.165, 1.54) is 0 Å². The van der Waals surface area contributed by atoms with Crippen LogP contribution in [0.4, 0.5) is 0 Å². The van der Waals surface area contributed by atoms with Gasteiger partial charge in [0.15, 0.2) is 6.10 Å². The van der Waals surface area contributed by atoms with Crippen LogP contribution in [0.15, 0.2) is 97.2 Å². The van der Waals surface area contributed by atoms with Gasteiger partial charge in [-0.15, -0.1) is 0 Å². The zero-order valence-electron chi connectivity index (χ0n) is 36.2. The molecule has 2 unspecified atom stereocenters. The highest BCUT2D eigenvalue weighted by Gasteiger charge is 2.25. The van der Waals surface area contributed by atoms with Crippen molar-refractivity contribution in [3.63, 3.8) is 0 Å². The minimum absolute atomic E-state index is 0.174. The summed E-state index contributed by atoms with van der Waals surface area (Å²) in [5.74, 6) is -2.10. The number of carboxylic acid groups (broad SMARTS) is 1. The molecule has 0 aliphatic carbocycles. The first-order valence-corrected chi connectivity index (χ1v) is 21.4. The number of carboxylic acids is 1. The van der Waals surface area contributed by atoms with E-state index in [0.29, 0.717) is 17.4 Å². The lowest BCUT2D eigenvalue weighted by Crippen LogP contribution is -2.40. The number of quaternary nitrogens is 1. The van der Waals surface area contributed by atoms with Crippen molar-refractivity contribution >= 4 is 17.9 Å². The zero-order chi connectivity index (χ0) is 42.1. The van der Waals surface area contributed by atoms with Gasteiger partial charge in [-0.2, -0.15) is 0 Å². The van der Waals surface area contributed by atoms with Crippen molar-refractivity contribution in [3.05, 3.63) is 97.2 Å². The third-order valence-corrected chi connectivity index (χ3v) is 8.36. The Hall–Kier alpha value is -3.79. The Kier molecular flexibility index (Phi) is 36.5. The van der Waals surface area contributed by atoms with Crippen molar-refractivity contribution in [2.75, 3.05) is 47.5 Å². The lowest BCUT2D eigenvalue weighted by Gasteiger charge is -2.25. The predicted molar refractivity (Wildman–Crippen MR) is 235 cm³/mol. The summed E-state index contributed by atoms with van der Waals surface area (Å²) in [5.41, 5.74) is 0. The van der Waals surface area contributed by atoms with Crippen LogP contribution >= 0.6 is 0 Å². The number of carbonyl (C=O) groups excluding carboxylic acids is 2. The monoisotopic (exact) mass is 797 g/mol. The lowest BCUT2D eigenvalue weighted by molar-refractivity contribution is -0.870. The maximum atomic E-state index is 12.7. The Balaban J connectivity index is 4.36. The van der Waals surface area contributed by atoms with E-state index < -0.39 is 24.3 Å². The molecule has 2 atom stereocenters. The molecule has 0 amide bonds. The Morgan fingerprint density at radius 2 is 1.00 bits per heavy atom. The molecular weight excluding hydrogens is 719 g/mol. The van der Waals surface area contributed by atoms with Gasteiger partial charge >= 0.3 is 17.9 Å². The first kappa shape index (κ1) is 53.2. The molecule has 57 heavy (non-hydrogen) atoms. The molecule has 0 heterocycles. The quantitative estimate of drug-likeness (QED) is 0.0218.